The van der Waals surface area contributed by atoms with Crippen LogP contribution in [-0.2, 0) is 9.47 Å². The van der Waals surface area contributed by atoms with Gasteiger partial charge in [-0.2, -0.15) is 0 Å². The van der Waals surface area contributed by atoms with E-state index >= 15 is 0 Å². The second-order valence-corrected chi connectivity index (χ2v) is 6.86. The molecule has 0 spiro atoms. The SMILES string of the molecule is COCC(CCCNC(=O)OC(C)(C)C)NCCC(C)C. The molecule has 0 radical (unpaired) electrons. The number of ether oxygens (including phenoxy) is 2. The average molecular weight is 302 g/mol. The van der Waals surface area contributed by atoms with E-state index < -0.39 is 5.60 Å². The number of hydrogen-bond acceptors (Lipinski definition) is 4. The van der Waals surface area contributed by atoms with Crippen LogP contribution in [0.15, 0.2) is 0 Å². The Morgan fingerprint density at radius 1 is 1.14 bits per heavy atom. The number of hydrogen-bond donors (Lipinski definition) is 2. The third-order valence-corrected chi connectivity index (χ3v) is 2.92. The Labute approximate surface area is 130 Å². The lowest BCUT2D eigenvalue weighted by molar-refractivity contribution is 0.0526. The molecule has 5 heteroatoms. The molecule has 0 saturated heterocycles. The molecule has 0 bridgehead atoms. The summed E-state index contributed by atoms with van der Waals surface area (Å²) in [4.78, 5) is 11.5. The van der Waals surface area contributed by atoms with Gasteiger partial charge in [0.2, 0.25) is 0 Å². The third kappa shape index (κ3) is 13.9. The smallest absolute Gasteiger partial charge is 0.407 e. The molecule has 126 valence electrons. The molecule has 0 aliphatic carbocycles. The number of methoxy groups -OCH3 is 1. The van der Waals surface area contributed by atoms with Gasteiger partial charge < -0.3 is 20.1 Å². The van der Waals surface area contributed by atoms with Crippen LogP contribution in [-0.4, -0.2) is 44.5 Å². The van der Waals surface area contributed by atoms with Gasteiger partial charge >= 0.3 is 6.09 Å². The van der Waals surface area contributed by atoms with Crippen LogP contribution in [0.3, 0.4) is 0 Å². The lowest BCUT2D eigenvalue weighted by atomic mass is 10.1. The first-order valence-corrected chi connectivity index (χ1v) is 7.93. The number of amides is 1. The van der Waals surface area contributed by atoms with E-state index in [9.17, 15) is 4.79 Å². The Morgan fingerprint density at radius 3 is 2.33 bits per heavy atom. The largest absolute Gasteiger partial charge is 0.444 e. The van der Waals surface area contributed by atoms with E-state index in [2.05, 4.69) is 24.5 Å². The minimum absolute atomic E-state index is 0.342. The van der Waals surface area contributed by atoms with Crippen LogP contribution in [0.5, 0.6) is 0 Å². The normalized spacial score (nSPS) is 13.3. The fourth-order valence-corrected chi connectivity index (χ4v) is 1.87. The van der Waals surface area contributed by atoms with E-state index in [0.29, 0.717) is 25.1 Å². The van der Waals surface area contributed by atoms with Crippen LogP contribution in [0.25, 0.3) is 0 Å². The van der Waals surface area contributed by atoms with Crippen molar-refractivity contribution in [3.8, 4) is 0 Å². The van der Waals surface area contributed by atoms with E-state index in [-0.39, 0.29) is 6.09 Å². The van der Waals surface area contributed by atoms with Gasteiger partial charge in [0.1, 0.15) is 5.60 Å². The van der Waals surface area contributed by atoms with E-state index in [4.69, 9.17) is 9.47 Å². The Bertz CT molecular complexity index is 275. The Hall–Kier alpha value is -0.810. The van der Waals surface area contributed by atoms with E-state index in [1.165, 1.54) is 0 Å². The Kier molecular flexibility index (Phi) is 10.4. The monoisotopic (exact) mass is 302 g/mol. The summed E-state index contributed by atoms with van der Waals surface area (Å²) in [7, 11) is 1.72. The second-order valence-electron chi connectivity index (χ2n) is 6.86. The molecule has 0 saturated carbocycles. The number of rotatable bonds is 10. The molecule has 0 fully saturated rings. The number of carbonyl (C=O) groups is 1. The molecule has 0 aromatic heterocycles. The fraction of sp³-hybridized carbons (Fsp3) is 0.938. The highest BCUT2D eigenvalue weighted by Crippen LogP contribution is 2.06. The number of nitrogens with one attached hydrogen (secondary N) is 2. The molecule has 0 aromatic rings. The number of alkyl carbamates (subject to hydrolysis) is 1. The summed E-state index contributed by atoms with van der Waals surface area (Å²) < 4.78 is 10.4. The van der Waals surface area contributed by atoms with E-state index in [0.717, 1.165) is 25.8 Å². The van der Waals surface area contributed by atoms with Gasteiger partial charge in [0, 0.05) is 19.7 Å². The van der Waals surface area contributed by atoms with Crippen molar-refractivity contribution in [2.75, 3.05) is 26.8 Å². The summed E-state index contributed by atoms with van der Waals surface area (Å²) in [6, 6.07) is 0.342. The van der Waals surface area contributed by atoms with Crippen LogP contribution >= 0.6 is 0 Å². The summed E-state index contributed by atoms with van der Waals surface area (Å²) in [5.41, 5.74) is -0.443. The molecule has 5 nitrogen and oxygen atoms in total. The van der Waals surface area contributed by atoms with Crippen molar-refractivity contribution in [2.45, 2.75) is 65.5 Å². The van der Waals surface area contributed by atoms with Gasteiger partial charge in [0.25, 0.3) is 0 Å². The van der Waals surface area contributed by atoms with Crippen molar-refractivity contribution in [1.29, 1.82) is 0 Å². The zero-order valence-corrected chi connectivity index (χ0v) is 14.6. The minimum atomic E-state index is -0.443. The second kappa shape index (κ2) is 10.9. The van der Waals surface area contributed by atoms with Crippen molar-refractivity contribution >= 4 is 6.09 Å². The van der Waals surface area contributed by atoms with Crippen LogP contribution in [0, 0.1) is 5.92 Å². The Morgan fingerprint density at radius 2 is 1.81 bits per heavy atom. The van der Waals surface area contributed by atoms with Crippen molar-refractivity contribution in [3.05, 3.63) is 0 Å². The highest BCUT2D eigenvalue weighted by molar-refractivity contribution is 5.67. The van der Waals surface area contributed by atoms with Crippen LogP contribution < -0.4 is 10.6 Å². The summed E-state index contributed by atoms with van der Waals surface area (Å²) in [6.45, 7) is 12.4. The molecule has 0 aliphatic heterocycles. The maximum atomic E-state index is 11.5. The van der Waals surface area contributed by atoms with E-state index in [1.807, 2.05) is 20.8 Å². The van der Waals surface area contributed by atoms with Crippen molar-refractivity contribution in [2.24, 2.45) is 5.92 Å². The van der Waals surface area contributed by atoms with Gasteiger partial charge in [-0.3, -0.25) is 0 Å². The molecule has 0 heterocycles. The summed E-state index contributed by atoms with van der Waals surface area (Å²) >= 11 is 0. The maximum Gasteiger partial charge on any atom is 0.407 e. The molecule has 0 aromatic carbocycles. The molecule has 0 aliphatic rings. The number of carbonyl (C=O) groups excluding carboxylic acids is 1. The highest BCUT2D eigenvalue weighted by atomic mass is 16.6. The van der Waals surface area contributed by atoms with Crippen LogP contribution in [0.4, 0.5) is 4.79 Å². The Balaban J connectivity index is 3.80. The van der Waals surface area contributed by atoms with Crippen LogP contribution in [0.2, 0.25) is 0 Å². The van der Waals surface area contributed by atoms with E-state index in [1.54, 1.807) is 7.11 Å². The van der Waals surface area contributed by atoms with Gasteiger partial charge in [0.15, 0.2) is 0 Å². The first-order chi connectivity index (χ1) is 9.74. The fourth-order valence-electron chi connectivity index (χ4n) is 1.87. The first kappa shape index (κ1) is 20.2. The predicted molar refractivity (Wildman–Crippen MR) is 86.6 cm³/mol. The molecule has 1 amide bonds. The lowest BCUT2D eigenvalue weighted by Crippen LogP contribution is -2.36. The van der Waals surface area contributed by atoms with Gasteiger partial charge in [-0.05, 0) is 52.5 Å². The standard InChI is InChI=1S/C16H34N2O3/c1-13(2)9-11-17-14(12-20-6)8-7-10-18-15(19)21-16(3,4)5/h13-14,17H,7-12H2,1-6H3,(H,18,19). The maximum absolute atomic E-state index is 11.5. The molecule has 1 unspecified atom stereocenters. The quantitative estimate of drug-likeness (QED) is 0.609. The van der Waals surface area contributed by atoms with Crippen molar-refractivity contribution < 1.29 is 14.3 Å². The van der Waals surface area contributed by atoms with Crippen molar-refractivity contribution in [3.63, 3.8) is 0 Å². The first-order valence-electron chi connectivity index (χ1n) is 7.93. The zero-order chi connectivity index (χ0) is 16.3. The summed E-state index contributed by atoms with van der Waals surface area (Å²) in [5, 5.41) is 6.29. The molecule has 21 heavy (non-hydrogen) atoms. The van der Waals surface area contributed by atoms with Gasteiger partial charge in [0.05, 0.1) is 6.61 Å². The van der Waals surface area contributed by atoms with Gasteiger partial charge in [-0.1, -0.05) is 13.8 Å². The molecular weight excluding hydrogens is 268 g/mol. The van der Waals surface area contributed by atoms with Crippen LogP contribution in [0.1, 0.15) is 53.9 Å². The summed E-state index contributed by atoms with van der Waals surface area (Å²) in [6.07, 6.45) is 2.69. The van der Waals surface area contributed by atoms with Gasteiger partial charge in [-0.25, -0.2) is 4.79 Å². The highest BCUT2D eigenvalue weighted by Gasteiger charge is 2.15. The van der Waals surface area contributed by atoms with Crippen molar-refractivity contribution in [1.82, 2.24) is 10.6 Å². The molecule has 0 rings (SSSR count). The minimum Gasteiger partial charge on any atom is -0.444 e. The summed E-state index contributed by atoms with van der Waals surface area (Å²) in [5.74, 6) is 0.703. The predicted octanol–water partition coefficient (Wildman–Crippen LogP) is 2.94. The van der Waals surface area contributed by atoms with Gasteiger partial charge in [-0.15, -0.1) is 0 Å². The molecule has 1 atom stereocenters. The average Bonchev–Trinajstić information content (AvgIpc) is 2.31. The lowest BCUT2D eigenvalue weighted by Gasteiger charge is -2.21. The topological polar surface area (TPSA) is 59.6 Å². The third-order valence-electron chi connectivity index (χ3n) is 2.92. The molecule has 2 N–H and O–H groups in total. The molecular formula is C16H34N2O3. The zero-order valence-electron chi connectivity index (χ0n) is 14.6.